The first kappa shape index (κ1) is 20.0. The number of nitrogens with zero attached hydrogens (tertiary/aromatic N) is 1. The largest absolute Gasteiger partial charge is 0.465 e. The Hall–Kier alpha value is -2.30. The van der Waals surface area contributed by atoms with Crippen molar-refractivity contribution in [1.29, 1.82) is 0 Å². The molecule has 1 aromatic heterocycles. The highest BCUT2D eigenvalue weighted by atomic mass is 16.6. The Bertz CT molecular complexity index is 773. The molecule has 1 aromatic carbocycles. The van der Waals surface area contributed by atoms with E-state index in [2.05, 4.69) is 4.57 Å². The van der Waals surface area contributed by atoms with Crippen molar-refractivity contribution < 1.29 is 19.1 Å². The van der Waals surface area contributed by atoms with Crippen molar-refractivity contribution in [3.05, 3.63) is 35.5 Å². The number of ether oxygens (including phenoxy) is 2. The fourth-order valence-electron chi connectivity index (χ4n) is 3.71. The van der Waals surface area contributed by atoms with E-state index in [1.54, 1.807) is 13.8 Å². The second kappa shape index (κ2) is 8.39. The number of rotatable bonds is 7. The van der Waals surface area contributed by atoms with Gasteiger partial charge in [0, 0.05) is 29.6 Å². The third-order valence-electron chi connectivity index (χ3n) is 4.94. The Morgan fingerprint density at radius 3 is 2.08 bits per heavy atom. The average molecular weight is 359 g/mol. The van der Waals surface area contributed by atoms with Crippen molar-refractivity contribution in [2.24, 2.45) is 18.9 Å². The number of aryl methyl sites for hydroxylation is 1. The van der Waals surface area contributed by atoms with Gasteiger partial charge in [0.15, 0.2) is 5.92 Å². The van der Waals surface area contributed by atoms with Crippen LogP contribution in [0.25, 0.3) is 10.9 Å². The van der Waals surface area contributed by atoms with E-state index in [1.165, 1.54) is 0 Å². The molecule has 0 aliphatic rings. The lowest BCUT2D eigenvalue weighted by Gasteiger charge is -2.28. The first-order valence-corrected chi connectivity index (χ1v) is 9.22. The molecule has 0 amide bonds. The second-order valence-corrected chi connectivity index (χ2v) is 6.83. The first-order valence-electron chi connectivity index (χ1n) is 9.22. The molecule has 0 N–H and O–H groups in total. The van der Waals surface area contributed by atoms with Gasteiger partial charge in [-0.1, -0.05) is 32.0 Å². The molecule has 0 bridgehead atoms. The standard InChI is InChI=1S/C21H29NO4/c1-7-25-20(23)19(21(24)26-8-2)17(13(3)4)18-14(5)22(6)16-12-10-9-11-15(16)18/h9-13,17,19H,7-8H2,1-6H3. The minimum atomic E-state index is -0.973. The van der Waals surface area contributed by atoms with Crippen LogP contribution in [-0.2, 0) is 26.1 Å². The summed E-state index contributed by atoms with van der Waals surface area (Å²) in [6.07, 6.45) is 0. The smallest absolute Gasteiger partial charge is 0.320 e. The van der Waals surface area contributed by atoms with Crippen LogP contribution in [0.15, 0.2) is 24.3 Å². The molecule has 0 radical (unpaired) electrons. The molecular weight excluding hydrogens is 330 g/mol. The predicted octanol–water partition coefficient (Wildman–Crippen LogP) is 3.97. The zero-order chi connectivity index (χ0) is 19.4. The van der Waals surface area contributed by atoms with Gasteiger partial charge in [0.05, 0.1) is 13.2 Å². The van der Waals surface area contributed by atoms with E-state index in [-0.39, 0.29) is 25.0 Å². The zero-order valence-corrected chi connectivity index (χ0v) is 16.5. The Morgan fingerprint density at radius 1 is 1.04 bits per heavy atom. The third-order valence-corrected chi connectivity index (χ3v) is 4.94. The van der Waals surface area contributed by atoms with Crippen molar-refractivity contribution in [1.82, 2.24) is 4.57 Å². The van der Waals surface area contributed by atoms with Crippen molar-refractivity contribution in [3.8, 4) is 0 Å². The van der Waals surface area contributed by atoms with Crippen molar-refractivity contribution >= 4 is 22.8 Å². The van der Waals surface area contributed by atoms with Crippen LogP contribution >= 0.6 is 0 Å². The first-order chi connectivity index (χ1) is 12.3. The number of carbonyl (C=O) groups is 2. The van der Waals surface area contributed by atoms with Crippen LogP contribution < -0.4 is 0 Å². The lowest BCUT2D eigenvalue weighted by Crippen LogP contribution is -2.36. The predicted molar refractivity (Wildman–Crippen MR) is 102 cm³/mol. The highest BCUT2D eigenvalue weighted by molar-refractivity contribution is 5.97. The van der Waals surface area contributed by atoms with Gasteiger partial charge in [-0.05, 0) is 38.3 Å². The number of para-hydroxylation sites is 1. The average Bonchev–Trinajstić information content (AvgIpc) is 2.84. The van der Waals surface area contributed by atoms with Gasteiger partial charge >= 0.3 is 11.9 Å². The molecule has 0 saturated carbocycles. The van der Waals surface area contributed by atoms with E-state index in [1.807, 2.05) is 52.1 Å². The van der Waals surface area contributed by atoms with E-state index in [4.69, 9.17) is 9.47 Å². The number of hydrogen-bond acceptors (Lipinski definition) is 4. The van der Waals surface area contributed by atoms with Gasteiger partial charge in [-0.2, -0.15) is 0 Å². The van der Waals surface area contributed by atoms with Crippen molar-refractivity contribution in [2.75, 3.05) is 13.2 Å². The number of hydrogen-bond donors (Lipinski definition) is 0. The summed E-state index contributed by atoms with van der Waals surface area (Å²) in [6.45, 7) is 10.0. The van der Waals surface area contributed by atoms with Gasteiger partial charge < -0.3 is 14.0 Å². The number of esters is 2. The van der Waals surface area contributed by atoms with Crippen LogP contribution in [0.2, 0.25) is 0 Å². The van der Waals surface area contributed by atoms with Crippen LogP contribution in [0, 0.1) is 18.8 Å². The van der Waals surface area contributed by atoms with Gasteiger partial charge in [0.2, 0.25) is 0 Å². The fourth-order valence-corrected chi connectivity index (χ4v) is 3.71. The van der Waals surface area contributed by atoms with Crippen LogP contribution in [0.1, 0.15) is 44.9 Å². The zero-order valence-electron chi connectivity index (χ0n) is 16.5. The molecule has 5 nitrogen and oxygen atoms in total. The maximum absolute atomic E-state index is 12.7. The third kappa shape index (κ3) is 3.62. The summed E-state index contributed by atoms with van der Waals surface area (Å²) in [4.78, 5) is 25.4. The molecule has 0 saturated heterocycles. The Balaban J connectivity index is 2.68. The van der Waals surface area contributed by atoms with Gasteiger partial charge in [-0.15, -0.1) is 0 Å². The normalized spacial score (nSPS) is 12.6. The highest BCUT2D eigenvalue weighted by Crippen LogP contribution is 2.40. The minimum absolute atomic E-state index is 0.0540. The summed E-state index contributed by atoms with van der Waals surface area (Å²) in [5.41, 5.74) is 3.14. The summed E-state index contributed by atoms with van der Waals surface area (Å²) >= 11 is 0. The van der Waals surface area contributed by atoms with Crippen LogP contribution in [0.3, 0.4) is 0 Å². The van der Waals surface area contributed by atoms with E-state index >= 15 is 0 Å². The number of fused-ring (bicyclic) bond motifs is 1. The molecule has 0 fully saturated rings. The SMILES string of the molecule is CCOC(=O)C(C(=O)OCC)C(c1c(C)n(C)c2ccccc12)C(C)C. The Labute approximate surface area is 155 Å². The molecule has 0 aliphatic heterocycles. The highest BCUT2D eigenvalue weighted by Gasteiger charge is 2.42. The van der Waals surface area contributed by atoms with Gasteiger partial charge in [-0.3, -0.25) is 9.59 Å². The Morgan fingerprint density at radius 2 is 1.58 bits per heavy atom. The number of benzene rings is 1. The maximum Gasteiger partial charge on any atom is 0.320 e. The monoisotopic (exact) mass is 359 g/mol. The summed E-state index contributed by atoms with van der Waals surface area (Å²) in [6, 6.07) is 8.06. The number of carbonyl (C=O) groups excluding carboxylic acids is 2. The molecule has 2 rings (SSSR count). The van der Waals surface area contributed by atoms with E-state index in [0.29, 0.717) is 0 Å². The van der Waals surface area contributed by atoms with Gasteiger partial charge in [0.1, 0.15) is 0 Å². The second-order valence-electron chi connectivity index (χ2n) is 6.83. The molecule has 26 heavy (non-hydrogen) atoms. The molecule has 2 aromatic rings. The summed E-state index contributed by atoms with van der Waals surface area (Å²) in [7, 11) is 2.00. The van der Waals surface area contributed by atoms with Gasteiger partial charge in [0.25, 0.3) is 0 Å². The fraction of sp³-hybridized carbons (Fsp3) is 0.524. The van der Waals surface area contributed by atoms with Crippen LogP contribution in [0.5, 0.6) is 0 Å². The molecule has 0 spiro atoms. The van der Waals surface area contributed by atoms with Gasteiger partial charge in [-0.25, -0.2) is 0 Å². The lowest BCUT2D eigenvalue weighted by atomic mass is 9.77. The molecule has 1 atom stereocenters. The minimum Gasteiger partial charge on any atom is -0.465 e. The summed E-state index contributed by atoms with van der Waals surface area (Å²) in [5.74, 6) is -2.27. The Kier molecular flexibility index (Phi) is 6.46. The molecule has 5 heteroatoms. The molecule has 1 heterocycles. The van der Waals surface area contributed by atoms with E-state index in [0.717, 1.165) is 22.2 Å². The quantitative estimate of drug-likeness (QED) is 0.554. The van der Waals surface area contributed by atoms with Crippen LogP contribution in [-0.4, -0.2) is 29.7 Å². The molecule has 1 unspecified atom stereocenters. The topological polar surface area (TPSA) is 57.5 Å². The summed E-state index contributed by atoms with van der Waals surface area (Å²) < 4.78 is 12.6. The maximum atomic E-state index is 12.7. The van der Waals surface area contributed by atoms with Crippen LogP contribution in [0.4, 0.5) is 0 Å². The molecular formula is C21H29NO4. The number of aromatic nitrogens is 1. The van der Waals surface area contributed by atoms with E-state index < -0.39 is 17.9 Å². The lowest BCUT2D eigenvalue weighted by molar-refractivity contribution is -0.163. The van der Waals surface area contributed by atoms with E-state index in [9.17, 15) is 9.59 Å². The molecule has 142 valence electrons. The van der Waals surface area contributed by atoms with Crippen molar-refractivity contribution in [3.63, 3.8) is 0 Å². The van der Waals surface area contributed by atoms with Crippen molar-refractivity contribution in [2.45, 2.75) is 40.5 Å². The molecule has 0 aliphatic carbocycles. The summed E-state index contributed by atoms with van der Waals surface area (Å²) in [5, 5.41) is 1.06.